The highest BCUT2D eigenvalue weighted by atomic mass is 16.5. The van der Waals surface area contributed by atoms with Gasteiger partial charge >= 0.3 is 0 Å². The standard InChI is InChI=1S/C17H24N4O4/c18-16(23)12-10-20(13-4-8-25-9-5-13)6-7-21(11-12)17(24)14-2-1-3-15(22)19-14/h1-3,12-13H,4-11H2,(H2,18,23)(H,19,22)/t12-/m1/s1. The normalized spacial score (nSPS) is 23.2. The van der Waals surface area contributed by atoms with E-state index in [-0.39, 0.29) is 23.7 Å². The van der Waals surface area contributed by atoms with Gasteiger partial charge in [-0.15, -0.1) is 0 Å². The molecule has 3 heterocycles. The number of rotatable bonds is 3. The molecule has 0 saturated carbocycles. The summed E-state index contributed by atoms with van der Waals surface area (Å²) in [6.07, 6.45) is 1.84. The number of hydrogen-bond donors (Lipinski definition) is 2. The largest absolute Gasteiger partial charge is 0.381 e. The van der Waals surface area contributed by atoms with E-state index < -0.39 is 11.8 Å². The van der Waals surface area contributed by atoms with Crippen LogP contribution in [0.2, 0.25) is 0 Å². The molecule has 1 aromatic rings. The van der Waals surface area contributed by atoms with Crippen LogP contribution in [0.1, 0.15) is 23.3 Å². The minimum absolute atomic E-state index is 0.232. The highest BCUT2D eigenvalue weighted by Gasteiger charge is 2.32. The SMILES string of the molecule is NC(=O)[C@H]1CN(C(=O)c2cccc(=O)[nH]2)CCN(C2CCOCC2)C1. The second kappa shape index (κ2) is 7.79. The Bertz CT molecular complexity index is 683. The van der Waals surface area contributed by atoms with Gasteiger partial charge in [-0.05, 0) is 18.9 Å². The Labute approximate surface area is 145 Å². The monoisotopic (exact) mass is 348 g/mol. The number of primary amides is 1. The molecule has 0 aliphatic carbocycles. The van der Waals surface area contributed by atoms with Gasteiger partial charge < -0.3 is 20.4 Å². The number of nitrogens with two attached hydrogens (primary N) is 1. The van der Waals surface area contributed by atoms with Gasteiger partial charge in [0, 0.05) is 51.5 Å². The zero-order chi connectivity index (χ0) is 17.8. The molecule has 8 heteroatoms. The Hall–Kier alpha value is -2.19. The number of aromatic amines is 1. The Morgan fingerprint density at radius 2 is 1.92 bits per heavy atom. The van der Waals surface area contributed by atoms with Crippen molar-refractivity contribution in [2.24, 2.45) is 11.7 Å². The summed E-state index contributed by atoms with van der Waals surface area (Å²) < 4.78 is 5.41. The van der Waals surface area contributed by atoms with Gasteiger partial charge in [-0.25, -0.2) is 0 Å². The fraction of sp³-hybridized carbons (Fsp3) is 0.588. The van der Waals surface area contributed by atoms with Crippen molar-refractivity contribution in [2.75, 3.05) is 39.4 Å². The van der Waals surface area contributed by atoms with Crippen LogP contribution in [0, 0.1) is 5.92 Å². The van der Waals surface area contributed by atoms with E-state index in [1.807, 2.05) is 0 Å². The van der Waals surface area contributed by atoms with Gasteiger partial charge in [0.15, 0.2) is 0 Å². The van der Waals surface area contributed by atoms with E-state index in [1.54, 1.807) is 17.0 Å². The van der Waals surface area contributed by atoms with Crippen LogP contribution in [-0.4, -0.2) is 72.0 Å². The molecule has 0 unspecified atom stereocenters. The molecule has 0 aromatic carbocycles. The number of nitrogens with one attached hydrogen (secondary N) is 1. The molecule has 2 fully saturated rings. The maximum Gasteiger partial charge on any atom is 0.270 e. The minimum atomic E-state index is -0.426. The van der Waals surface area contributed by atoms with Gasteiger partial charge in [0.1, 0.15) is 5.69 Å². The molecule has 0 radical (unpaired) electrons. The topological polar surface area (TPSA) is 109 Å². The number of hydrogen-bond acceptors (Lipinski definition) is 5. The maximum absolute atomic E-state index is 12.7. The van der Waals surface area contributed by atoms with Crippen LogP contribution in [0.25, 0.3) is 0 Å². The third-order valence-corrected chi connectivity index (χ3v) is 4.95. The van der Waals surface area contributed by atoms with Gasteiger partial charge in [-0.3, -0.25) is 19.3 Å². The molecular weight excluding hydrogens is 324 g/mol. The van der Waals surface area contributed by atoms with Gasteiger partial charge in [-0.1, -0.05) is 6.07 Å². The second-order valence-corrected chi connectivity index (χ2v) is 6.62. The maximum atomic E-state index is 12.7. The average Bonchev–Trinajstić information content (AvgIpc) is 2.85. The highest BCUT2D eigenvalue weighted by molar-refractivity contribution is 5.92. The lowest BCUT2D eigenvalue weighted by Crippen LogP contribution is -2.44. The number of carbonyl (C=O) groups is 2. The summed E-state index contributed by atoms with van der Waals surface area (Å²) >= 11 is 0. The number of ether oxygens (including phenoxy) is 1. The van der Waals surface area contributed by atoms with E-state index in [1.165, 1.54) is 6.07 Å². The lowest BCUT2D eigenvalue weighted by atomic mass is 10.0. The van der Waals surface area contributed by atoms with E-state index >= 15 is 0 Å². The lowest BCUT2D eigenvalue weighted by molar-refractivity contribution is -0.122. The third-order valence-electron chi connectivity index (χ3n) is 4.95. The first-order valence-corrected chi connectivity index (χ1v) is 8.64. The molecule has 8 nitrogen and oxygen atoms in total. The fourth-order valence-corrected chi connectivity index (χ4v) is 3.53. The molecule has 2 amide bonds. The van der Waals surface area contributed by atoms with Crippen LogP contribution < -0.4 is 11.3 Å². The van der Waals surface area contributed by atoms with E-state index in [0.29, 0.717) is 25.7 Å². The molecule has 2 aliphatic rings. The van der Waals surface area contributed by atoms with Crippen LogP contribution in [0.3, 0.4) is 0 Å². The third kappa shape index (κ3) is 4.26. The highest BCUT2D eigenvalue weighted by Crippen LogP contribution is 2.19. The fourth-order valence-electron chi connectivity index (χ4n) is 3.53. The number of pyridine rings is 1. The van der Waals surface area contributed by atoms with E-state index in [0.717, 1.165) is 26.1 Å². The first-order chi connectivity index (χ1) is 12.0. The molecule has 25 heavy (non-hydrogen) atoms. The molecule has 1 atom stereocenters. The van der Waals surface area contributed by atoms with Crippen molar-refractivity contribution in [3.8, 4) is 0 Å². The number of amides is 2. The zero-order valence-corrected chi connectivity index (χ0v) is 14.1. The Morgan fingerprint density at radius 1 is 1.16 bits per heavy atom. The zero-order valence-electron chi connectivity index (χ0n) is 14.1. The van der Waals surface area contributed by atoms with Crippen molar-refractivity contribution in [1.29, 1.82) is 0 Å². The smallest absolute Gasteiger partial charge is 0.270 e. The van der Waals surface area contributed by atoms with Crippen molar-refractivity contribution in [2.45, 2.75) is 18.9 Å². The number of nitrogens with zero attached hydrogens (tertiary/aromatic N) is 2. The summed E-state index contributed by atoms with van der Waals surface area (Å²) in [7, 11) is 0. The second-order valence-electron chi connectivity index (χ2n) is 6.62. The van der Waals surface area contributed by atoms with Gasteiger partial charge in [0.05, 0.1) is 5.92 Å². The van der Waals surface area contributed by atoms with Crippen LogP contribution in [0.5, 0.6) is 0 Å². The van der Waals surface area contributed by atoms with Crippen LogP contribution in [0.4, 0.5) is 0 Å². The van der Waals surface area contributed by atoms with E-state index in [2.05, 4.69) is 9.88 Å². The molecule has 0 bridgehead atoms. The van der Waals surface area contributed by atoms with Crippen LogP contribution >= 0.6 is 0 Å². The molecule has 3 rings (SSSR count). The Balaban J connectivity index is 1.76. The van der Waals surface area contributed by atoms with Crippen molar-refractivity contribution < 1.29 is 14.3 Å². The van der Waals surface area contributed by atoms with Crippen molar-refractivity contribution in [3.05, 3.63) is 34.2 Å². The van der Waals surface area contributed by atoms with Crippen LogP contribution in [-0.2, 0) is 9.53 Å². The minimum Gasteiger partial charge on any atom is -0.381 e. The van der Waals surface area contributed by atoms with Gasteiger partial charge in [-0.2, -0.15) is 0 Å². The van der Waals surface area contributed by atoms with Gasteiger partial charge in [0.25, 0.3) is 5.91 Å². The predicted octanol–water partition coefficient (Wildman–Crippen LogP) is -0.587. The van der Waals surface area contributed by atoms with E-state index in [9.17, 15) is 14.4 Å². The molecule has 0 spiro atoms. The summed E-state index contributed by atoms with van der Waals surface area (Å²) in [5.41, 5.74) is 5.48. The van der Waals surface area contributed by atoms with E-state index in [4.69, 9.17) is 10.5 Å². The molecule has 3 N–H and O–H groups in total. The predicted molar refractivity (Wildman–Crippen MR) is 91.1 cm³/mol. The summed E-state index contributed by atoms with van der Waals surface area (Å²) in [5.74, 6) is -1.11. The van der Waals surface area contributed by atoms with Gasteiger partial charge in [0.2, 0.25) is 11.5 Å². The van der Waals surface area contributed by atoms with Crippen molar-refractivity contribution in [1.82, 2.24) is 14.8 Å². The molecule has 1 aromatic heterocycles. The number of H-pyrrole nitrogens is 1. The molecule has 136 valence electrons. The first-order valence-electron chi connectivity index (χ1n) is 8.64. The number of aromatic nitrogens is 1. The molecular formula is C17H24N4O4. The first kappa shape index (κ1) is 17.6. The Morgan fingerprint density at radius 3 is 2.60 bits per heavy atom. The summed E-state index contributed by atoms with van der Waals surface area (Å²) in [6, 6.07) is 4.83. The summed E-state index contributed by atoms with van der Waals surface area (Å²) in [5, 5.41) is 0. The van der Waals surface area contributed by atoms with Crippen molar-refractivity contribution in [3.63, 3.8) is 0 Å². The number of carbonyl (C=O) groups excluding carboxylic acids is 2. The lowest BCUT2D eigenvalue weighted by Gasteiger charge is -2.34. The van der Waals surface area contributed by atoms with Crippen LogP contribution in [0.15, 0.2) is 23.0 Å². The van der Waals surface area contributed by atoms with Crippen molar-refractivity contribution >= 4 is 11.8 Å². The quantitative estimate of drug-likeness (QED) is 0.759. The summed E-state index contributed by atoms with van der Waals surface area (Å²) in [4.78, 5) is 42.5. The summed E-state index contributed by atoms with van der Waals surface area (Å²) in [6.45, 7) is 3.43. The molecule has 2 saturated heterocycles. The Kier molecular flexibility index (Phi) is 5.50. The molecule has 2 aliphatic heterocycles. The average molecular weight is 348 g/mol.